The third-order valence-electron chi connectivity index (χ3n) is 3.70. The van der Waals surface area contributed by atoms with Crippen LogP contribution in [0.2, 0.25) is 5.02 Å². The van der Waals surface area contributed by atoms with E-state index in [-0.39, 0.29) is 25.2 Å². The van der Waals surface area contributed by atoms with Crippen molar-refractivity contribution in [1.82, 2.24) is 9.80 Å². The van der Waals surface area contributed by atoms with Crippen molar-refractivity contribution in [2.24, 2.45) is 5.73 Å². The van der Waals surface area contributed by atoms with Crippen LogP contribution in [0.25, 0.3) is 0 Å². The standard InChI is InChI=1S/C14H15ClF3N3O2/c1-2-21-10(12(19)22)7-20(13(21)23)6-8-4-3-5-9(11(8)15)14(16,17)18/h3-5,10H,2,6-7H2,1H3,(H2,19,22). The summed E-state index contributed by atoms with van der Waals surface area (Å²) in [6.45, 7) is 1.87. The molecule has 1 aliphatic rings. The smallest absolute Gasteiger partial charge is 0.368 e. The van der Waals surface area contributed by atoms with E-state index in [4.69, 9.17) is 17.3 Å². The van der Waals surface area contributed by atoms with Crippen molar-refractivity contribution >= 4 is 23.5 Å². The first-order chi connectivity index (χ1) is 10.7. The third kappa shape index (κ3) is 3.36. The number of nitrogens with two attached hydrogens (primary N) is 1. The lowest BCUT2D eigenvalue weighted by molar-refractivity contribution is -0.137. The van der Waals surface area contributed by atoms with Gasteiger partial charge in [-0.25, -0.2) is 4.79 Å². The average molecular weight is 350 g/mol. The number of nitrogens with zero attached hydrogens (tertiary/aromatic N) is 2. The molecule has 2 N–H and O–H groups in total. The molecule has 0 spiro atoms. The zero-order chi connectivity index (χ0) is 17.4. The van der Waals surface area contributed by atoms with Crippen LogP contribution in [-0.4, -0.2) is 40.9 Å². The van der Waals surface area contributed by atoms with E-state index < -0.39 is 34.7 Å². The van der Waals surface area contributed by atoms with Crippen LogP contribution in [0, 0.1) is 0 Å². The van der Waals surface area contributed by atoms with Crippen LogP contribution in [-0.2, 0) is 17.5 Å². The number of halogens is 4. The number of urea groups is 1. The Morgan fingerprint density at radius 3 is 2.57 bits per heavy atom. The summed E-state index contributed by atoms with van der Waals surface area (Å²) in [5.74, 6) is -0.655. The Morgan fingerprint density at radius 1 is 1.43 bits per heavy atom. The van der Waals surface area contributed by atoms with E-state index in [2.05, 4.69) is 0 Å². The summed E-state index contributed by atoms with van der Waals surface area (Å²) in [5, 5.41) is -0.446. The second-order valence-electron chi connectivity index (χ2n) is 5.14. The quantitative estimate of drug-likeness (QED) is 0.907. The van der Waals surface area contributed by atoms with Crippen LogP contribution < -0.4 is 5.73 Å². The zero-order valence-corrected chi connectivity index (χ0v) is 13.0. The molecule has 1 unspecified atom stereocenters. The number of hydrogen-bond acceptors (Lipinski definition) is 2. The predicted molar refractivity (Wildman–Crippen MR) is 77.6 cm³/mol. The molecule has 1 aromatic carbocycles. The molecule has 1 aliphatic heterocycles. The van der Waals surface area contributed by atoms with E-state index in [0.29, 0.717) is 0 Å². The highest BCUT2D eigenvalue weighted by Crippen LogP contribution is 2.36. The van der Waals surface area contributed by atoms with Gasteiger partial charge < -0.3 is 15.5 Å². The van der Waals surface area contributed by atoms with Crippen LogP contribution in [0.4, 0.5) is 18.0 Å². The van der Waals surface area contributed by atoms with Crippen molar-refractivity contribution in [3.8, 4) is 0 Å². The molecular weight excluding hydrogens is 335 g/mol. The van der Waals surface area contributed by atoms with Crippen molar-refractivity contribution < 1.29 is 22.8 Å². The number of primary amides is 1. The second-order valence-corrected chi connectivity index (χ2v) is 5.52. The minimum absolute atomic E-state index is 0.0224. The first-order valence-corrected chi connectivity index (χ1v) is 7.24. The third-order valence-corrected chi connectivity index (χ3v) is 4.15. The van der Waals surface area contributed by atoms with Gasteiger partial charge in [-0.3, -0.25) is 4.79 Å². The van der Waals surface area contributed by atoms with Crippen molar-refractivity contribution in [3.05, 3.63) is 34.3 Å². The summed E-state index contributed by atoms with van der Waals surface area (Å²) in [4.78, 5) is 26.2. The van der Waals surface area contributed by atoms with E-state index >= 15 is 0 Å². The average Bonchev–Trinajstić information content (AvgIpc) is 2.76. The van der Waals surface area contributed by atoms with Gasteiger partial charge in [0.25, 0.3) is 0 Å². The topological polar surface area (TPSA) is 66.6 Å². The Labute approximate surface area is 135 Å². The minimum Gasteiger partial charge on any atom is -0.368 e. The Morgan fingerprint density at radius 2 is 2.09 bits per heavy atom. The van der Waals surface area contributed by atoms with Gasteiger partial charge in [0.05, 0.1) is 17.1 Å². The van der Waals surface area contributed by atoms with Gasteiger partial charge in [-0.2, -0.15) is 13.2 Å². The molecule has 1 saturated heterocycles. The summed E-state index contributed by atoms with van der Waals surface area (Å²) < 4.78 is 38.6. The van der Waals surface area contributed by atoms with E-state index in [1.807, 2.05) is 0 Å². The van der Waals surface area contributed by atoms with Gasteiger partial charge in [0.1, 0.15) is 6.04 Å². The number of carbonyl (C=O) groups is 2. The number of likely N-dealkylation sites (N-methyl/N-ethyl adjacent to an activating group) is 1. The van der Waals surface area contributed by atoms with Gasteiger partial charge in [0.2, 0.25) is 5.91 Å². The number of carbonyl (C=O) groups excluding carboxylic acids is 2. The van der Waals surface area contributed by atoms with E-state index in [1.54, 1.807) is 6.92 Å². The maximum atomic E-state index is 12.9. The molecule has 3 amide bonds. The SMILES string of the molecule is CCN1C(=O)N(Cc2cccc(C(F)(F)F)c2Cl)CC1C(N)=O. The van der Waals surface area contributed by atoms with Crippen molar-refractivity contribution in [3.63, 3.8) is 0 Å². The van der Waals surface area contributed by atoms with Crippen LogP contribution >= 0.6 is 11.6 Å². The first-order valence-electron chi connectivity index (χ1n) is 6.86. The monoisotopic (exact) mass is 349 g/mol. The molecule has 0 aliphatic carbocycles. The van der Waals surface area contributed by atoms with E-state index in [1.165, 1.54) is 21.9 Å². The number of benzene rings is 1. The Hall–Kier alpha value is -1.96. The van der Waals surface area contributed by atoms with Gasteiger partial charge in [-0.15, -0.1) is 0 Å². The molecule has 0 radical (unpaired) electrons. The molecule has 9 heteroatoms. The van der Waals surface area contributed by atoms with Crippen LogP contribution in [0.5, 0.6) is 0 Å². The van der Waals surface area contributed by atoms with Gasteiger partial charge in [0.15, 0.2) is 0 Å². The van der Waals surface area contributed by atoms with Crippen LogP contribution in [0.3, 0.4) is 0 Å². The summed E-state index contributed by atoms with van der Waals surface area (Å²) >= 11 is 5.83. The van der Waals surface area contributed by atoms with Crippen molar-refractivity contribution in [2.75, 3.05) is 13.1 Å². The molecule has 1 heterocycles. The van der Waals surface area contributed by atoms with Crippen molar-refractivity contribution in [1.29, 1.82) is 0 Å². The number of hydrogen-bond donors (Lipinski definition) is 1. The Kier molecular flexibility index (Phi) is 4.74. The van der Waals surface area contributed by atoms with Crippen LogP contribution in [0.15, 0.2) is 18.2 Å². The highest BCUT2D eigenvalue weighted by molar-refractivity contribution is 6.32. The summed E-state index contributed by atoms with van der Waals surface area (Å²) in [6.07, 6.45) is -4.58. The zero-order valence-electron chi connectivity index (χ0n) is 12.2. The first kappa shape index (κ1) is 17.4. The molecule has 1 aromatic rings. The highest BCUT2D eigenvalue weighted by atomic mass is 35.5. The molecule has 0 aromatic heterocycles. The molecule has 0 saturated carbocycles. The molecule has 1 fully saturated rings. The lowest BCUT2D eigenvalue weighted by Gasteiger charge is -2.19. The number of amides is 3. The molecule has 23 heavy (non-hydrogen) atoms. The molecule has 0 bridgehead atoms. The molecular formula is C14H15ClF3N3O2. The maximum Gasteiger partial charge on any atom is 0.417 e. The summed E-state index contributed by atoms with van der Waals surface area (Å²) in [5.41, 5.74) is 4.46. The lowest BCUT2D eigenvalue weighted by Crippen LogP contribution is -2.42. The van der Waals surface area contributed by atoms with Gasteiger partial charge in [-0.05, 0) is 18.6 Å². The Balaban J connectivity index is 2.27. The predicted octanol–water partition coefficient (Wildman–Crippen LogP) is 2.47. The summed E-state index contributed by atoms with van der Waals surface area (Å²) in [7, 11) is 0. The minimum atomic E-state index is -4.58. The second kappa shape index (κ2) is 6.27. The molecule has 126 valence electrons. The molecule has 5 nitrogen and oxygen atoms in total. The van der Waals surface area contributed by atoms with E-state index in [0.717, 1.165) is 6.07 Å². The largest absolute Gasteiger partial charge is 0.417 e. The lowest BCUT2D eigenvalue weighted by atomic mass is 10.1. The van der Waals surface area contributed by atoms with E-state index in [9.17, 15) is 22.8 Å². The number of alkyl halides is 3. The fraction of sp³-hybridized carbons (Fsp3) is 0.429. The normalized spacial score (nSPS) is 18.7. The van der Waals surface area contributed by atoms with Crippen molar-refractivity contribution in [2.45, 2.75) is 25.7 Å². The van der Waals surface area contributed by atoms with Gasteiger partial charge >= 0.3 is 12.2 Å². The fourth-order valence-corrected chi connectivity index (χ4v) is 2.85. The van der Waals surface area contributed by atoms with Gasteiger partial charge in [-0.1, -0.05) is 23.7 Å². The maximum absolute atomic E-state index is 12.9. The highest BCUT2D eigenvalue weighted by Gasteiger charge is 2.40. The van der Waals surface area contributed by atoms with Gasteiger partial charge in [0, 0.05) is 13.1 Å². The van der Waals surface area contributed by atoms with Crippen LogP contribution in [0.1, 0.15) is 18.1 Å². The fourth-order valence-electron chi connectivity index (χ4n) is 2.56. The molecule has 2 rings (SSSR count). The Bertz CT molecular complexity index is 636. The number of rotatable bonds is 4. The summed E-state index contributed by atoms with van der Waals surface area (Å²) in [6, 6.07) is 2.27. The molecule has 1 atom stereocenters.